The van der Waals surface area contributed by atoms with Gasteiger partial charge in [0.2, 0.25) is 0 Å². The van der Waals surface area contributed by atoms with Crippen LogP contribution in [0, 0.1) is 5.82 Å². The summed E-state index contributed by atoms with van der Waals surface area (Å²) in [6.07, 6.45) is 0. The lowest BCUT2D eigenvalue weighted by molar-refractivity contribution is 0.0691. The van der Waals surface area contributed by atoms with Gasteiger partial charge in [-0.25, -0.2) is 14.2 Å². The van der Waals surface area contributed by atoms with Crippen molar-refractivity contribution < 1.29 is 19.1 Å². The third-order valence-electron chi connectivity index (χ3n) is 2.65. The summed E-state index contributed by atoms with van der Waals surface area (Å²) in [5, 5.41) is 13.1. The van der Waals surface area contributed by atoms with Crippen molar-refractivity contribution in [1.82, 2.24) is 10.3 Å². The minimum Gasteiger partial charge on any atom is -0.476 e. The van der Waals surface area contributed by atoms with Crippen molar-refractivity contribution in [1.29, 1.82) is 0 Å². The number of hydrogen-bond donors (Lipinski definition) is 2. The smallest absolute Gasteiger partial charge is 0.355 e. The number of carbonyl (C=O) groups is 2. The van der Waals surface area contributed by atoms with Crippen LogP contribution in [-0.4, -0.2) is 22.0 Å². The summed E-state index contributed by atoms with van der Waals surface area (Å²) < 4.78 is 13.6. The molecule has 1 atom stereocenters. The van der Waals surface area contributed by atoms with Gasteiger partial charge in [0, 0.05) is 5.38 Å². The highest BCUT2D eigenvalue weighted by Gasteiger charge is 2.20. The Hall–Kier alpha value is -1.99. The number of aromatic nitrogens is 1. The number of amides is 1. The number of benzene rings is 1. The molecule has 1 unspecified atom stereocenters. The Morgan fingerprint density at radius 2 is 2.19 bits per heavy atom. The molecule has 0 aliphatic carbocycles. The minimum absolute atomic E-state index is 0.00469. The normalized spacial score (nSPS) is 12.0. The number of thiazole rings is 1. The van der Waals surface area contributed by atoms with Gasteiger partial charge in [-0.3, -0.25) is 4.79 Å². The number of nitrogens with one attached hydrogen (secondary N) is 1. The first-order valence-electron chi connectivity index (χ1n) is 5.83. The van der Waals surface area contributed by atoms with Crippen molar-refractivity contribution in [3.05, 3.63) is 50.7 Å². The Bertz CT molecular complexity index is 684. The van der Waals surface area contributed by atoms with Gasteiger partial charge in [0.25, 0.3) is 5.91 Å². The van der Waals surface area contributed by atoms with Crippen molar-refractivity contribution in [2.75, 3.05) is 0 Å². The van der Waals surface area contributed by atoms with Crippen LogP contribution in [-0.2, 0) is 0 Å². The zero-order valence-electron chi connectivity index (χ0n) is 10.8. The largest absolute Gasteiger partial charge is 0.476 e. The number of carbonyl (C=O) groups excluding carboxylic acids is 1. The first kappa shape index (κ1) is 15.4. The fraction of sp³-hybridized carbons (Fsp3) is 0.154. The number of carboxylic acids is 1. The second-order valence-corrected chi connectivity index (χ2v) is 5.46. The molecule has 2 aromatic rings. The fourth-order valence-electron chi connectivity index (χ4n) is 1.63. The molecule has 1 aromatic carbocycles. The Balaban J connectivity index is 2.17. The van der Waals surface area contributed by atoms with E-state index in [1.165, 1.54) is 17.5 Å². The van der Waals surface area contributed by atoms with E-state index >= 15 is 0 Å². The maximum atomic E-state index is 13.6. The van der Waals surface area contributed by atoms with Gasteiger partial charge in [-0.2, -0.15) is 0 Å². The summed E-state index contributed by atoms with van der Waals surface area (Å²) in [6, 6.07) is 3.39. The van der Waals surface area contributed by atoms with Crippen LogP contribution in [0.15, 0.2) is 23.6 Å². The average Bonchev–Trinajstić information content (AvgIpc) is 2.88. The van der Waals surface area contributed by atoms with E-state index in [4.69, 9.17) is 16.7 Å². The highest BCUT2D eigenvalue weighted by atomic mass is 35.5. The van der Waals surface area contributed by atoms with Gasteiger partial charge in [-0.05, 0) is 19.1 Å². The first-order valence-corrected chi connectivity index (χ1v) is 7.09. The average molecular weight is 329 g/mol. The summed E-state index contributed by atoms with van der Waals surface area (Å²) in [5.41, 5.74) is -0.346. The van der Waals surface area contributed by atoms with Crippen molar-refractivity contribution in [2.45, 2.75) is 13.0 Å². The summed E-state index contributed by atoms with van der Waals surface area (Å²) >= 11 is 6.91. The van der Waals surface area contributed by atoms with Crippen LogP contribution < -0.4 is 5.32 Å². The molecular formula is C13H10ClFN2O3S. The van der Waals surface area contributed by atoms with E-state index in [1.807, 2.05) is 0 Å². The lowest BCUT2D eigenvalue weighted by Crippen LogP contribution is -2.27. The third-order valence-corrected chi connectivity index (χ3v) is 3.99. The van der Waals surface area contributed by atoms with Crippen LogP contribution in [0.25, 0.3) is 0 Å². The van der Waals surface area contributed by atoms with Crippen molar-refractivity contribution in [3.63, 3.8) is 0 Å². The molecule has 1 amide bonds. The monoisotopic (exact) mass is 328 g/mol. The van der Waals surface area contributed by atoms with Crippen LogP contribution in [0.5, 0.6) is 0 Å². The van der Waals surface area contributed by atoms with Gasteiger partial charge in [-0.15, -0.1) is 11.3 Å². The molecule has 0 spiro atoms. The van der Waals surface area contributed by atoms with Crippen LogP contribution in [0.2, 0.25) is 5.02 Å². The Labute approximate surface area is 128 Å². The molecule has 2 rings (SSSR count). The summed E-state index contributed by atoms with van der Waals surface area (Å²) in [4.78, 5) is 26.7. The van der Waals surface area contributed by atoms with E-state index in [0.717, 1.165) is 17.4 Å². The van der Waals surface area contributed by atoms with E-state index < -0.39 is 23.7 Å². The molecule has 0 saturated heterocycles. The highest BCUT2D eigenvalue weighted by Crippen LogP contribution is 2.22. The molecule has 0 saturated carbocycles. The van der Waals surface area contributed by atoms with Gasteiger partial charge in [0.15, 0.2) is 5.69 Å². The van der Waals surface area contributed by atoms with Crippen molar-refractivity contribution >= 4 is 34.8 Å². The van der Waals surface area contributed by atoms with Crippen LogP contribution >= 0.6 is 22.9 Å². The van der Waals surface area contributed by atoms with E-state index in [9.17, 15) is 14.0 Å². The molecule has 0 aliphatic heterocycles. The maximum Gasteiger partial charge on any atom is 0.355 e. The molecule has 0 radical (unpaired) electrons. The Morgan fingerprint density at radius 1 is 1.48 bits per heavy atom. The maximum absolute atomic E-state index is 13.6. The van der Waals surface area contributed by atoms with E-state index in [-0.39, 0.29) is 16.3 Å². The van der Waals surface area contributed by atoms with Crippen LogP contribution in [0.3, 0.4) is 0 Å². The molecule has 1 heterocycles. The highest BCUT2D eigenvalue weighted by molar-refractivity contribution is 7.09. The van der Waals surface area contributed by atoms with E-state index in [1.54, 1.807) is 6.92 Å². The number of carboxylic acid groups (broad SMARTS) is 1. The summed E-state index contributed by atoms with van der Waals surface area (Å²) in [7, 11) is 0. The number of nitrogens with zero attached hydrogens (tertiary/aromatic N) is 1. The topological polar surface area (TPSA) is 79.3 Å². The molecule has 5 nitrogen and oxygen atoms in total. The lowest BCUT2D eigenvalue weighted by atomic mass is 10.2. The van der Waals surface area contributed by atoms with Gasteiger partial charge >= 0.3 is 5.97 Å². The standard InChI is InChI=1S/C13H10ClFN2O3S/c1-6(12-17-9(5-21-12)13(19)20)16-11(18)10-7(14)3-2-4-8(10)15/h2-6H,1H3,(H,16,18)(H,19,20). The van der Waals surface area contributed by atoms with Gasteiger partial charge < -0.3 is 10.4 Å². The van der Waals surface area contributed by atoms with E-state index in [0.29, 0.717) is 5.01 Å². The molecule has 110 valence electrons. The molecular weight excluding hydrogens is 319 g/mol. The molecule has 0 fully saturated rings. The second-order valence-electron chi connectivity index (χ2n) is 4.17. The SMILES string of the molecule is CC(NC(=O)c1c(F)cccc1Cl)c1nc(C(=O)O)cs1. The molecule has 2 N–H and O–H groups in total. The van der Waals surface area contributed by atoms with Gasteiger partial charge in [-0.1, -0.05) is 17.7 Å². The predicted octanol–water partition coefficient (Wildman–Crippen LogP) is 3.12. The molecule has 0 bridgehead atoms. The number of hydrogen-bond acceptors (Lipinski definition) is 4. The summed E-state index contributed by atoms with van der Waals surface area (Å²) in [6.45, 7) is 1.62. The minimum atomic E-state index is -1.15. The van der Waals surface area contributed by atoms with Crippen molar-refractivity contribution in [3.8, 4) is 0 Å². The molecule has 0 aliphatic rings. The van der Waals surface area contributed by atoms with Crippen molar-refractivity contribution in [2.24, 2.45) is 0 Å². The number of halogens is 2. The lowest BCUT2D eigenvalue weighted by Gasteiger charge is -2.12. The fourth-order valence-corrected chi connectivity index (χ4v) is 2.68. The zero-order valence-corrected chi connectivity index (χ0v) is 12.3. The quantitative estimate of drug-likeness (QED) is 0.903. The Kier molecular flexibility index (Phi) is 4.54. The number of aromatic carboxylic acids is 1. The Morgan fingerprint density at radius 3 is 2.76 bits per heavy atom. The van der Waals surface area contributed by atoms with E-state index in [2.05, 4.69) is 10.3 Å². The predicted molar refractivity (Wildman–Crippen MR) is 76.4 cm³/mol. The first-order chi connectivity index (χ1) is 9.90. The number of rotatable bonds is 4. The van der Waals surface area contributed by atoms with Gasteiger partial charge in [0.1, 0.15) is 10.8 Å². The molecule has 8 heteroatoms. The second kappa shape index (κ2) is 6.19. The zero-order chi connectivity index (χ0) is 15.6. The molecule has 1 aromatic heterocycles. The molecule has 21 heavy (non-hydrogen) atoms. The van der Waals surface area contributed by atoms with Crippen LogP contribution in [0.1, 0.15) is 38.8 Å². The van der Waals surface area contributed by atoms with Crippen LogP contribution in [0.4, 0.5) is 4.39 Å². The third kappa shape index (κ3) is 3.37. The summed E-state index contributed by atoms with van der Waals surface area (Å²) in [5.74, 6) is -2.55. The van der Waals surface area contributed by atoms with Gasteiger partial charge in [0.05, 0.1) is 16.6 Å².